The second-order valence-corrected chi connectivity index (χ2v) is 12.3. The van der Waals surface area contributed by atoms with Crippen molar-refractivity contribution in [3.8, 4) is 28.3 Å². The molecule has 1 aliphatic rings. The summed E-state index contributed by atoms with van der Waals surface area (Å²) >= 11 is 0. The number of benzene rings is 7. The van der Waals surface area contributed by atoms with E-state index in [0.29, 0.717) is 5.89 Å². The quantitative estimate of drug-likeness (QED) is 0.201. The topological polar surface area (TPSA) is 31.0 Å². The van der Waals surface area contributed by atoms with Crippen molar-refractivity contribution in [1.82, 2.24) is 9.55 Å². The van der Waals surface area contributed by atoms with Crippen LogP contribution >= 0.6 is 0 Å². The molecular formula is C44H28N2O. The van der Waals surface area contributed by atoms with Crippen LogP contribution < -0.4 is 0 Å². The smallest absolute Gasteiger partial charge is 0.227 e. The molecule has 2 heterocycles. The van der Waals surface area contributed by atoms with Crippen molar-refractivity contribution in [3.63, 3.8) is 0 Å². The summed E-state index contributed by atoms with van der Waals surface area (Å²) in [7, 11) is 0. The van der Waals surface area contributed by atoms with Gasteiger partial charge in [-0.25, -0.2) is 4.98 Å². The van der Waals surface area contributed by atoms with Gasteiger partial charge in [0.15, 0.2) is 5.58 Å². The third kappa shape index (κ3) is 3.60. The minimum atomic E-state index is -0.567. The molecule has 47 heavy (non-hydrogen) atoms. The molecule has 9 aromatic rings. The summed E-state index contributed by atoms with van der Waals surface area (Å²) in [4.78, 5) is 5.01. The second kappa shape index (κ2) is 9.90. The fourth-order valence-electron chi connectivity index (χ4n) is 8.02. The van der Waals surface area contributed by atoms with Crippen LogP contribution in [0.5, 0.6) is 0 Å². The normalized spacial score (nSPS) is 15.3. The number of para-hydroxylation sites is 2. The summed E-state index contributed by atoms with van der Waals surface area (Å²) in [6, 6.07) is 60.8. The van der Waals surface area contributed by atoms with Crippen LogP contribution in [-0.2, 0) is 5.41 Å². The Kier molecular flexibility index (Phi) is 5.49. The van der Waals surface area contributed by atoms with E-state index < -0.39 is 5.41 Å². The fraction of sp³-hybridized carbons (Fsp3) is 0.0227. The van der Waals surface area contributed by atoms with E-state index in [1.807, 2.05) is 30.3 Å². The highest BCUT2D eigenvalue weighted by atomic mass is 16.3. The van der Waals surface area contributed by atoms with Crippen LogP contribution in [0.25, 0.3) is 61.2 Å². The first kappa shape index (κ1) is 26.1. The molecule has 2 aromatic heterocycles. The van der Waals surface area contributed by atoms with Gasteiger partial charge < -0.3 is 8.98 Å². The lowest BCUT2D eigenvalue weighted by Gasteiger charge is -2.34. The summed E-state index contributed by atoms with van der Waals surface area (Å²) in [6.07, 6.45) is 0. The zero-order chi connectivity index (χ0) is 31.0. The van der Waals surface area contributed by atoms with Gasteiger partial charge in [0.2, 0.25) is 5.89 Å². The summed E-state index contributed by atoms with van der Waals surface area (Å²) in [5, 5.41) is 2.51. The third-order valence-corrected chi connectivity index (χ3v) is 9.92. The van der Waals surface area contributed by atoms with E-state index >= 15 is 0 Å². The highest BCUT2D eigenvalue weighted by Gasteiger charge is 2.47. The Labute approximate surface area is 272 Å². The van der Waals surface area contributed by atoms with E-state index in [2.05, 4.69) is 144 Å². The Morgan fingerprint density at radius 2 is 1.15 bits per heavy atom. The number of fused-ring (bicyclic) bond motifs is 7. The van der Waals surface area contributed by atoms with Gasteiger partial charge in [-0.3, -0.25) is 0 Å². The molecule has 0 spiro atoms. The molecule has 0 saturated carbocycles. The van der Waals surface area contributed by atoms with Crippen molar-refractivity contribution < 1.29 is 4.42 Å². The minimum absolute atomic E-state index is 0.567. The molecule has 7 aromatic carbocycles. The van der Waals surface area contributed by atoms with Gasteiger partial charge in [0.25, 0.3) is 0 Å². The maximum Gasteiger partial charge on any atom is 0.227 e. The number of nitrogens with zero attached hydrogens (tertiary/aromatic N) is 2. The second-order valence-electron chi connectivity index (χ2n) is 12.3. The number of rotatable bonds is 4. The van der Waals surface area contributed by atoms with E-state index in [1.165, 1.54) is 55.3 Å². The average molecular weight is 601 g/mol. The molecule has 0 fully saturated rings. The number of oxazole rings is 1. The van der Waals surface area contributed by atoms with E-state index in [1.54, 1.807) is 0 Å². The molecule has 0 bridgehead atoms. The van der Waals surface area contributed by atoms with Crippen molar-refractivity contribution in [1.29, 1.82) is 0 Å². The molecule has 1 atom stereocenters. The lowest BCUT2D eigenvalue weighted by molar-refractivity contribution is 0.619. The van der Waals surface area contributed by atoms with Gasteiger partial charge in [-0.15, -0.1) is 0 Å². The zero-order valence-corrected chi connectivity index (χ0v) is 25.5. The predicted molar refractivity (Wildman–Crippen MR) is 191 cm³/mol. The molecule has 3 heteroatoms. The average Bonchev–Trinajstić information content (AvgIpc) is 3.81. The Bertz CT molecular complexity index is 2580. The van der Waals surface area contributed by atoms with E-state index in [0.717, 1.165) is 22.2 Å². The lowest BCUT2D eigenvalue weighted by Crippen LogP contribution is -2.28. The molecule has 1 unspecified atom stereocenters. The summed E-state index contributed by atoms with van der Waals surface area (Å²) in [5.74, 6) is 0.632. The van der Waals surface area contributed by atoms with Gasteiger partial charge in [0.1, 0.15) is 5.52 Å². The highest BCUT2D eigenvalue weighted by Crippen LogP contribution is 2.58. The largest absolute Gasteiger partial charge is 0.436 e. The van der Waals surface area contributed by atoms with Crippen LogP contribution in [0.2, 0.25) is 0 Å². The maximum absolute atomic E-state index is 6.28. The van der Waals surface area contributed by atoms with Crippen LogP contribution in [0.15, 0.2) is 174 Å². The van der Waals surface area contributed by atoms with E-state index in [-0.39, 0.29) is 0 Å². The Morgan fingerprint density at radius 3 is 1.91 bits per heavy atom. The summed E-state index contributed by atoms with van der Waals surface area (Å²) in [5.41, 5.74) is 13.0. The predicted octanol–water partition coefficient (Wildman–Crippen LogP) is 11.0. The van der Waals surface area contributed by atoms with Crippen LogP contribution in [0.3, 0.4) is 0 Å². The molecule has 0 aliphatic heterocycles. The van der Waals surface area contributed by atoms with E-state index in [9.17, 15) is 0 Å². The monoisotopic (exact) mass is 600 g/mol. The van der Waals surface area contributed by atoms with Crippen molar-refractivity contribution in [3.05, 3.63) is 192 Å². The van der Waals surface area contributed by atoms with Crippen molar-refractivity contribution in [2.24, 2.45) is 0 Å². The SMILES string of the molecule is c1ccc(-c2nc3cc(C4(c5ccccc5)c5ccccc5-c5c(-n6c7ccccc7c7ccccc76)cccc54)ccc3o2)cc1. The Morgan fingerprint density at radius 1 is 0.511 bits per heavy atom. The first-order chi connectivity index (χ1) is 23.3. The van der Waals surface area contributed by atoms with Crippen molar-refractivity contribution in [2.45, 2.75) is 5.41 Å². The van der Waals surface area contributed by atoms with Gasteiger partial charge in [-0.05, 0) is 70.3 Å². The molecular weight excluding hydrogens is 572 g/mol. The Hall–Kier alpha value is -6.19. The third-order valence-electron chi connectivity index (χ3n) is 9.92. The lowest BCUT2D eigenvalue weighted by atomic mass is 9.67. The molecule has 10 rings (SSSR count). The zero-order valence-electron chi connectivity index (χ0n) is 25.5. The van der Waals surface area contributed by atoms with Gasteiger partial charge >= 0.3 is 0 Å². The van der Waals surface area contributed by atoms with Gasteiger partial charge in [0.05, 0.1) is 22.1 Å². The van der Waals surface area contributed by atoms with E-state index in [4.69, 9.17) is 9.40 Å². The first-order valence-corrected chi connectivity index (χ1v) is 16.1. The highest BCUT2D eigenvalue weighted by molar-refractivity contribution is 6.10. The fourth-order valence-corrected chi connectivity index (χ4v) is 8.02. The van der Waals surface area contributed by atoms with Crippen molar-refractivity contribution >= 4 is 32.9 Å². The Balaban J connectivity index is 1.31. The van der Waals surface area contributed by atoms with Crippen LogP contribution in [0.1, 0.15) is 22.3 Å². The maximum atomic E-state index is 6.28. The van der Waals surface area contributed by atoms with Crippen LogP contribution in [-0.4, -0.2) is 9.55 Å². The van der Waals surface area contributed by atoms with Gasteiger partial charge in [-0.1, -0.05) is 127 Å². The van der Waals surface area contributed by atoms with Crippen molar-refractivity contribution in [2.75, 3.05) is 0 Å². The minimum Gasteiger partial charge on any atom is -0.436 e. The van der Waals surface area contributed by atoms with Crippen LogP contribution in [0, 0.1) is 0 Å². The molecule has 0 amide bonds. The summed E-state index contributed by atoms with van der Waals surface area (Å²) < 4.78 is 8.74. The van der Waals surface area contributed by atoms with Crippen LogP contribution in [0.4, 0.5) is 0 Å². The molecule has 0 N–H and O–H groups in total. The number of aromatic nitrogens is 2. The number of hydrogen-bond acceptors (Lipinski definition) is 2. The molecule has 1 aliphatic carbocycles. The first-order valence-electron chi connectivity index (χ1n) is 16.1. The molecule has 0 saturated heterocycles. The van der Waals surface area contributed by atoms with Gasteiger partial charge in [-0.2, -0.15) is 0 Å². The standard InChI is InChI=1S/C44H28N2O/c1-3-14-29(15-4-1)43-45-37-28-31(26-27-41(37)47-43)44(30-16-5-2-6-17-30)35-21-10-7-20-34(35)42-36(44)22-13-25-40(42)46-38-23-11-8-18-32(38)33-19-9-12-24-39(33)46/h1-28H. The molecule has 3 nitrogen and oxygen atoms in total. The number of hydrogen-bond donors (Lipinski definition) is 0. The van der Waals surface area contributed by atoms with Gasteiger partial charge in [0, 0.05) is 21.9 Å². The molecule has 0 radical (unpaired) electrons. The summed E-state index contributed by atoms with van der Waals surface area (Å²) in [6.45, 7) is 0. The molecule has 220 valence electrons.